The molecule has 0 saturated heterocycles. The summed E-state index contributed by atoms with van der Waals surface area (Å²) in [6.07, 6.45) is 0. The third-order valence-electron chi connectivity index (χ3n) is 4.00. The van der Waals surface area contributed by atoms with Crippen molar-refractivity contribution < 1.29 is 9.53 Å². The second-order valence-corrected chi connectivity index (χ2v) is 5.84. The molecule has 1 heterocycles. The molecule has 0 aliphatic heterocycles. The number of nitrogens with one attached hydrogen (secondary N) is 2. The highest BCUT2D eigenvalue weighted by atomic mass is 16.5. The van der Waals surface area contributed by atoms with Crippen LogP contribution in [0.2, 0.25) is 0 Å². The van der Waals surface area contributed by atoms with E-state index in [9.17, 15) is 9.59 Å². The molecule has 0 bridgehead atoms. The van der Waals surface area contributed by atoms with Crippen molar-refractivity contribution in [2.45, 2.75) is 0 Å². The number of H-pyrrole nitrogens is 1. The van der Waals surface area contributed by atoms with E-state index in [1.807, 2.05) is 30.3 Å². The van der Waals surface area contributed by atoms with Gasteiger partial charge >= 0.3 is 0 Å². The van der Waals surface area contributed by atoms with Gasteiger partial charge in [0.2, 0.25) is 0 Å². The lowest BCUT2D eigenvalue weighted by Crippen LogP contribution is -2.19. The summed E-state index contributed by atoms with van der Waals surface area (Å²) in [5.41, 5.74) is 0.428. The van der Waals surface area contributed by atoms with Gasteiger partial charge in [-0.25, -0.2) is 5.10 Å². The maximum Gasteiger partial charge on any atom is 0.276 e. The van der Waals surface area contributed by atoms with Crippen LogP contribution in [-0.4, -0.2) is 16.1 Å². The van der Waals surface area contributed by atoms with E-state index in [1.165, 1.54) is 0 Å². The van der Waals surface area contributed by atoms with Crippen LogP contribution in [0.15, 0.2) is 83.7 Å². The van der Waals surface area contributed by atoms with Crippen molar-refractivity contribution >= 4 is 22.4 Å². The smallest absolute Gasteiger partial charge is 0.276 e. The number of nitrogens with zero attached hydrogens (tertiary/aromatic N) is 1. The Kier molecular flexibility index (Phi) is 4.37. The van der Waals surface area contributed by atoms with E-state index in [0.717, 1.165) is 5.75 Å². The van der Waals surface area contributed by atoms with E-state index in [2.05, 4.69) is 15.5 Å². The Morgan fingerprint density at radius 2 is 1.44 bits per heavy atom. The number of hydrogen-bond donors (Lipinski definition) is 2. The molecule has 1 amide bonds. The molecule has 2 N–H and O–H groups in total. The van der Waals surface area contributed by atoms with E-state index < -0.39 is 5.91 Å². The lowest BCUT2D eigenvalue weighted by Gasteiger charge is -2.09. The van der Waals surface area contributed by atoms with E-state index in [4.69, 9.17) is 4.74 Å². The predicted octanol–water partition coefficient (Wildman–Crippen LogP) is 3.97. The Labute approximate surface area is 154 Å². The van der Waals surface area contributed by atoms with Crippen LogP contribution in [0.25, 0.3) is 10.8 Å². The highest BCUT2D eigenvalue weighted by Gasteiger charge is 2.14. The van der Waals surface area contributed by atoms with Gasteiger partial charge in [-0.05, 0) is 42.5 Å². The first-order valence-electron chi connectivity index (χ1n) is 8.32. The summed E-state index contributed by atoms with van der Waals surface area (Å²) in [5, 5.41) is 9.97. The lowest BCUT2D eigenvalue weighted by atomic mass is 10.1. The fraction of sp³-hybridized carbons (Fsp3) is 0. The zero-order valence-corrected chi connectivity index (χ0v) is 14.2. The van der Waals surface area contributed by atoms with E-state index >= 15 is 0 Å². The first-order chi connectivity index (χ1) is 13.2. The number of amides is 1. The van der Waals surface area contributed by atoms with Gasteiger partial charge in [0.15, 0.2) is 5.69 Å². The molecule has 132 valence electrons. The minimum Gasteiger partial charge on any atom is -0.457 e. The molecule has 27 heavy (non-hydrogen) atoms. The number of aromatic nitrogens is 2. The van der Waals surface area contributed by atoms with Crippen LogP contribution in [0, 0.1) is 0 Å². The topological polar surface area (TPSA) is 84.1 Å². The van der Waals surface area contributed by atoms with Crippen molar-refractivity contribution in [3.63, 3.8) is 0 Å². The number of carbonyl (C=O) groups is 1. The van der Waals surface area contributed by atoms with Gasteiger partial charge in [0.05, 0.1) is 5.39 Å². The molecular formula is C21H15N3O3. The first-order valence-corrected chi connectivity index (χ1v) is 8.32. The summed E-state index contributed by atoms with van der Waals surface area (Å²) in [4.78, 5) is 24.4. The van der Waals surface area contributed by atoms with Crippen LogP contribution in [0.1, 0.15) is 10.5 Å². The van der Waals surface area contributed by atoms with Gasteiger partial charge in [0.1, 0.15) is 11.5 Å². The first kappa shape index (κ1) is 16.5. The highest BCUT2D eigenvalue weighted by Crippen LogP contribution is 2.23. The monoisotopic (exact) mass is 357 g/mol. The molecule has 0 fully saturated rings. The number of anilines is 1. The Balaban J connectivity index is 1.54. The summed E-state index contributed by atoms with van der Waals surface area (Å²) < 4.78 is 5.73. The maximum absolute atomic E-state index is 12.6. The van der Waals surface area contributed by atoms with Gasteiger partial charge < -0.3 is 10.1 Å². The number of benzene rings is 3. The molecule has 4 aromatic rings. The molecule has 4 rings (SSSR count). The van der Waals surface area contributed by atoms with Crippen LogP contribution in [0.4, 0.5) is 5.69 Å². The third kappa shape index (κ3) is 3.55. The highest BCUT2D eigenvalue weighted by molar-refractivity contribution is 6.11. The van der Waals surface area contributed by atoms with Crippen LogP contribution in [-0.2, 0) is 0 Å². The van der Waals surface area contributed by atoms with Gasteiger partial charge in [-0.2, -0.15) is 5.10 Å². The summed E-state index contributed by atoms with van der Waals surface area (Å²) >= 11 is 0. The molecular weight excluding hydrogens is 342 g/mol. The van der Waals surface area contributed by atoms with Crippen molar-refractivity contribution in [3.05, 3.63) is 94.9 Å². The summed E-state index contributed by atoms with van der Waals surface area (Å²) in [7, 11) is 0. The Hall–Kier alpha value is -3.93. The minimum absolute atomic E-state index is 0.162. The molecule has 0 atom stereocenters. The molecule has 0 aliphatic carbocycles. The van der Waals surface area contributed by atoms with Gasteiger partial charge in [0, 0.05) is 11.1 Å². The Bertz CT molecular complexity index is 1150. The fourth-order valence-corrected chi connectivity index (χ4v) is 2.71. The SMILES string of the molecule is O=C(Nc1ccc(Oc2ccccc2)cc1)c1n[nH]c(=O)c2ccccc12. The van der Waals surface area contributed by atoms with Crippen LogP contribution in [0.3, 0.4) is 0 Å². The van der Waals surface area contributed by atoms with E-state index in [1.54, 1.807) is 48.5 Å². The largest absolute Gasteiger partial charge is 0.457 e. The Morgan fingerprint density at radius 1 is 0.815 bits per heavy atom. The van der Waals surface area contributed by atoms with E-state index in [0.29, 0.717) is 22.2 Å². The average Bonchev–Trinajstić information content (AvgIpc) is 2.71. The normalized spacial score (nSPS) is 10.5. The second-order valence-electron chi connectivity index (χ2n) is 5.84. The van der Waals surface area contributed by atoms with Crippen molar-refractivity contribution in [1.29, 1.82) is 0 Å². The number of fused-ring (bicyclic) bond motifs is 1. The lowest BCUT2D eigenvalue weighted by molar-refractivity contribution is 0.102. The fourth-order valence-electron chi connectivity index (χ4n) is 2.71. The van der Waals surface area contributed by atoms with Gasteiger partial charge in [-0.1, -0.05) is 36.4 Å². The summed E-state index contributed by atoms with van der Waals surface area (Å²) in [5.74, 6) is 0.990. The third-order valence-corrected chi connectivity index (χ3v) is 4.00. The molecule has 0 unspecified atom stereocenters. The molecule has 0 aliphatic rings. The average molecular weight is 357 g/mol. The summed E-state index contributed by atoms with van der Waals surface area (Å²) in [6, 6.07) is 23.3. The molecule has 1 aromatic heterocycles. The standard InChI is InChI=1S/C21H15N3O3/c25-20-18-9-5-4-8-17(18)19(23-24-20)21(26)22-14-10-12-16(13-11-14)27-15-6-2-1-3-7-15/h1-13H,(H,22,26)(H,24,25). The zero-order valence-electron chi connectivity index (χ0n) is 14.2. The van der Waals surface area contributed by atoms with E-state index in [-0.39, 0.29) is 11.3 Å². The van der Waals surface area contributed by atoms with Gasteiger partial charge in [-0.15, -0.1) is 0 Å². The number of hydrogen-bond acceptors (Lipinski definition) is 4. The van der Waals surface area contributed by atoms with Crippen molar-refractivity contribution in [3.8, 4) is 11.5 Å². The molecule has 0 saturated carbocycles. The number of rotatable bonds is 4. The van der Waals surface area contributed by atoms with Gasteiger partial charge in [0.25, 0.3) is 11.5 Å². The van der Waals surface area contributed by atoms with Crippen LogP contribution >= 0.6 is 0 Å². The second kappa shape index (κ2) is 7.13. The molecule has 0 spiro atoms. The number of para-hydroxylation sites is 1. The predicted molar refractivity (Wildman–Crippen MR) is 103 cm³/mol. The number of carbonyl (C=O) groups excluding carboxylic acids is 1. The minimum atomic E-state index is -0.404. The maximum atomic E-state index is 12.6. The van der Waals surface area contributed by atoms with Crippen LogP contribution < -0.4 is 15.6 Å². The number of ether oxygens (including phenoxy) is 1. The zero-order chi connectivity index (χ0) is 18.6. The summed E-state index contributed by atoms with van der Waals surface area (Å²) in [6.45, 7) is 0. The van der Waals surface area contributed by atoms with Gasteiger partial charge in [-0.3, -0.25) is 9.59 Å². The Morgan fingerprint density at radius 3 is 2.19 bits per heavy atom. The number of aromatic amines is 1. The molecule has 6 nitrogen and oxygen atoms in total. The van der Waals surface area contributed by atoms with Crippen LogP contribution in [0.5, 0.6) is 11.5 Å². The molecule has 3 aromatic carbocycles. The molecule has 0 radical (unpaired) electrons. The molecule has 6 heteroatoms. The quantitative estimate of drug-likeness (QED) is 0.579. The van der Waals surface area contributed by atoms with Crippen molar-refractivity contribution in [2.24, 2.45) is 0 Å². The van der Waals surface area contributed by atoms with Crippen molar-refractivity contribution in [2.75, 3.05) is 5.32 Å². The van der Waals surface area contributed by atoms with Crippen molar-refractivity contribution in [1.82, 2.24) is 10.2 Å².